The number of unbranched alkanes of at least 4 members (excludes halogenated alkanes) is 1. The Labute approximate surface area is 148 Å². The van der Waals surface area contributed by atoms with Crippen LogP contribution in [0.3, 0.4) is 0 Å². The van der Waals surface area contributed by atoms with E-state index in [1.54, 1.807) is 36.4 Å². The molecule has 7 heteroatoms. The fourth-order valence-corrected chi connectivity index (χ4v) is 3.46. The molecule has 0 radical (unpaired) electrons. The van der Waals surface area contributed by atoms with Crippen molar-refractivity contribution in [1.29, 1.82) is 5.41 Å². The number of nitrogen functional groups attached to an aromatic ring is 1. The van der Waals surface area contributed by atoms with Crippen LogP contribution in [0.2, 0.25) is 0 Å². The van der Waals surface area contributed by atoms with E-state index in [4.69, 9.17) is 15.9 Å². The van der Waals surface area contributed by atoms with Crippen molar-refractivity contribution in [2.24, 2.45) is 5.73 Å². The Morgan fingerprint density at radius 1 is 1.20 bits per heavy atom. The number of nitrogens with two attached hydrogens (primary N) is 1. The Morgan fingerprint density at radius 2 is 1.88 bits per heavy atom. The van der Waals surface area contributed by atoms with E-state index in [2.05, 4.69) is 4.72 Å². The fourth-order valence-electron chi connectivity index (χ4n) is 2.20. The van der Waals surface area contributed by atoms with Gasteiger partial charge in [0.05, 0.1) is 11.4 Å². The van der Waals surface area contributed by atoms with E-state index < -0.39 is 10.0 Å². The Bertz CT molecular complexity index is 846. The van der Waals surface area contributed by atoms with Crippen molar-refractivity contribution in [3.63, 3.8) is 0 Å². The summed E-state index contributed by atoms with van der Waals surface area (Å²) in [6.45, 7) is 3.83. The summed E-state index contributed by atoms with van der Waals surface area (Å²) < 4.78 is 32.8. The number of amidine groups is 1. The minimum Gasteiger partial charge on any atom is -0.455 e. The van der Waals surface area contributed by atoms with Crippen molar-refractivity contribution in [3.8, 4) is 11.5 Å². The number of aryl methyl sites for hydroxylation is 1. The Balaban J connectivity index is 2.24. The molecule has 6 nitrogen and oxygen atoms in total. The first-order chi connectivity index (χ1) is 11.8. The van der Waals surface area contributed by atoms with E-state index >= 15 is 0 Å². The highest BCUT2D eigenvalue weighted by molar-refractivity contribution is 7.92. The summed E-state index contributed by atoms with van der Waals surface area (Å²) in [5.41, 5.74) is 7.36. The average Bonchev–Trinajstić information content (AvgIpc) is 2.56. The standard InChI is InChI=1S/C18H23N3O3S/c1-3-4-11-25(22,23)21-16-12-13(2)5-10-17(16)24-15-8-6-14(7-9-15)18(19)20/h5-10,12,21H,3-4,11H2,1-2H3,(H3,19,20). The summed E-state index contributed by atoms with van der Waals surface area (Å²) in [6.07, 6.45) is 1.41. The first kappa shape index (κ1) is 18.8. The number of sulfonamides is 1. The molecule has 2 aromatic carbocycles. The summed E-state index contributed by atoms with van der Waals surface area (Å²) >= 11 is 0. The van der Waals surface area contributed by atoms with Crippen LogP contribution in [0.25, 0.3) is 0 Å². The predicted molar refractivity (Wildman–Crippen MR) is 101 cm³/mol. The van der Waals surface area contributed by atoms with Gasteiger partial charge in [-0.3, -0.25) is 10.1 Å². The molecule has 0 bridgehead atoms. The van der Waals surface area contributed by atoms with E-state index in [1.165, 1.54) is 0 Å². The van der Waals surface area contributed by atoms with Crippen LogP contribution in [0.1, 0.15) is 30.9 Å². The van der Waals surface area contributed by atoms with Crippen molar-refractivity contribution in [2.45, 2.75) is 26.7 Å². The van der Waals surface area contributed by atoms with Gasteiger partial charge in [0.25, 0.3) is 0 Å². The van der Waals surface area contributed by atoms with Crippen molar-refractivity contribution in [3.05, 3.63) is 53.6 Å². The maximum Gasteiger partial charge on any atom is 0.232 e. The molecule has 2 rings (SSSR count). The number of anilines is 1. The molecule has 4 N–H and O–H groups in total. The van der Waals surface area contributed by atoms with Gasteiger partial charge < -0.3 is 10.5 Å². The molecule has 0 aliphatic rings. The molecule has 0 atom stereocenters. The summed E-state index contributed by atoms with van der Waals surface area (Å²) in [6, 6.07) is 12.0. The first-order valence-corrected chi connectivity index (χ1v) is 9.69. The van der Waals surface area contributed by atoms with Gasteiger partial charge in [0.1, 0.15) is 11.6 Å². The second-order valence-corrected chi connectivity index (χ2v) is 7.66. The number of nitrogens with one attached hydrogen (secondary N) is 2. The van der Waals surface area contributed by atoms with E-state index in [9.17, 15) is 8.42 Å². The van der Waals surface area contributed by atoms with Crippen LogP contribution in [0.15, 0.2) is 42.5 Å². The topological polar surface area (TPSA) is 105 Å². The van der Waals surface area contributed by atoms with Crippen LogP contribution in [0.4, 0.5) is 5.69 Å². The number of hydrogen-bond acceptors (Lipinski definition) is 4. The van der Waals surface area contributed by atoms with Gasteiger partial charge in [-0.25, -0.2) is 8.42 Å². The van der Waals surface area contributed by atoms with Crippen LogP contribution >= 0.6 is 0 Å². The summed E-state index contributed by atoms with van der Waals surface area (Å²) in [5, 5.41) is 7.40. The van der Waals surface area contributed by atoms with Gasteiger partial charge in [0.2, 0.25) is 10.0 Å². The van der Waals surface area contributed by atoms with Crippen LogP contribution in [-0.4, -0.2) is 20.0 Å². The molecule has 0 aliphatic carbocycles. The normalized spacial score (nSPS) is 11.1. The molecule has 0 heterocycles. The van der Waals surface area contributed by atoms with Gasteiger partial charge >= 0.3 is 0 Å². The van der Waals surface area contributed by atoms with Crippen LogP contribution < -0.4 is 15.2 Å². The zero-order valence-electron chi connectivity index (χ0n) is 14.4. The first-order valence-electron chi connectivity index (χ1n) is 8.04. The zero-order chi connectivity index (χ0) is 18.4. The molecule has 0 saturated heterocycles. The lowest BCUT2D eigenvalue weighted by molar-refractivity contribution is 0.484. The van der Waals surface area contributed by atoms with E-state index in [-0.39, 0.29) is 11.6 Å². The smallest absolute Gasteiger partial charge is 0.232 e. The highest BCUT2D eigenvalue weighted by Gasteiger charge is 2.14. The highest BCUT2D eigenvalue weighted by Crippen LogP contribution is 2.31. The van der Waals surface area contributed by atoms with Gasteiger partial charge in [-0.1, -0.05) is 19.4 Å². The quantitative estimate of drug-likeness (QED) is 0.493. The van der Waals surface area contributed by atoms with E-state index in [1.807, 2.05) is 19.9 Å². The maximum absolute atomic E-state index is 12.2. The monoisotopic (exact) mass is 361 g/mol. The van der Waals surface area contributed by atoms with Crippen molar-refractivity contribution in [2.75, 3.05) is 10.5 Å². The lowest BCUT2D eigenvalue weighted by Crippen LogP contribution is -2.17. The van der Waals surface area contributed by atoms with Gasteiger partial charge in [0.15, 0.2) is 5.75 Å². The third kappa shape index (κ3) is 5.49. The molecule has 0 spiro atoms. The summed E-state index contributed by atoms with van der Waals surface area (Å²) in [5.74, 6) is 1.000. The average molecular weight is 361 g/mol. The van der Waals surface area contributed by atoms with Gasteiger partial charge in [-0.15, -0.1) is 0 Å². The third-order valence-corrected chi connectivity index (χ3v) is 4.92. The van der Waals surface area contributed by atoms with Crippen LogP contribution in [0, 0.1) is 12.3 Å². The molecule has 0 amide bonds. The fraction of sp³-hybridized carbons (Fsp3) is 0.278. The Hall–Kier alpha value is -2.54. The number of ether oxygens (including phenoxy) is 1. The van der Waals surface area contributed by atoms with E-state index in [0.717, 1.165) is 12.0 Å². The second-order valence-electron chi connectivity index (χ2n) is 5.81. The number of hydrogen-bond donors (Lipinski definition) is 3. The van der Waals surface area contributed by atoms with Crippen LogP contribution in [0.5, 0.6) is 11.5 Å². The molecule has 25 heavy (non-hydrogen) atoms. The molecule has 0 aliphatic heterocycles. The zero-order valence-corrected chi connectivity index (χ0v) is 15.2. The molecule has 134 valence electrons. The maximum atomic E-state index is 12.2. The van der Waals surface area contributed by atoms with Gasteiger partial charge in [0, 0.05) is 5.56 Å². The highest BCUT2D eigenvalue weighted by atomic mass is 32.2. The molecule has 2 aromatic rings. The lowest BCUT2D eigenvalue weighted by Gasteiger charge is -2.14. The Kier molecular flexibility index (Phi) is 6.03. The van der Waals surface area contributed by atoms with Gasteiger partial charge in [-0.05, 0) is 55.3 Å². The lowest BCUT2D eigenvalue weighted by atomic mass is 10.2. The summed E-state index contributed by atoms with van der Waals surface area (Å²) in [4.78, 5) is 0. The predicted octanol–water partition coefficient (Wildman–Crippen LogP) is 3.61. The molecular formula is C18H23N3O3S. The van der Waals surface area contributed by atoms with Crippen molar-refractivity contribution in [1.82, 2.24) is 0 Å². The van der Waals surface area contributed by atoms with Crippen molar-refractivity contribution >= 4 is 21.5 Å². The molecule has 0 aromatic heterocycles. The molecule has 0 unspecified atom stereocenters. The minimum atomic E-state index is -3.42. The summed E-state index contributed by atoms with van der Waals surface area (Å²) in [7, 11) is -3.42. The third-order valence-electron chi connectivity index (χ3n) is 3.56. The molecule has 0 saturated carbocycles. The Morgan fingerprint density at radius 3 is 2.48 bits per heavy atom. The van der Waals surface area contributed by atoms with E-state index in [0.29, 0.717) is 29.2 Å². The second kappa shape index (κ2) is 8.02. The number of benzene rings is 2. The minimum absolute atomic E-state index is 0.0220. The largest absolute Gasteiger partial charge is 0.455 e. The molecule has 0 fully saturated rings. The van der Waals surface area contributed by atoms with Gasteiger partial charge in [-0.2, -0.15) is 0 Å². The number of rotatable bonds is 8. The SMILES string of the molecule is CCCCS(=O)(=O)Nc1cc(C)ccc1Oc1ccc(C(=N)N)cc1. The van der Waals surface area contributed by atoms with Crippen LogP contribution in [-0.2, 0) is 10.0 Å². The molecular weight excluding hydrogens is 338 g/mol. The van der Waals surface area contributed by atoms with Crippen molar-refractivity contribution < 1.29 is 13.2 Å².